The van der Waals surface area contributed by atoms with Gasteiger partial charge in [0.05, 0.1) is 0 Å². The van der Waals surface area contributed by atoms with Gasteiger partial charge in [-0.25, -0.2) is 0 Å². The van der Waals surface area contributed by atoms with Crippen LogP contribution in [-0.2, 0) is 0 Å². The van der Waals surface area contributed by atoms with Crippen LogP contribution in [0.3, 0.4) is 0 Å². The molecule has 1 aliphatic carbocycles. The lowest BCUT2D eigenvalue weighted by Crippen LogP contribution is -2.34. The second-order valence-electron chi connectivity index (χ2n) is 4.92. The summed E-state index contributed by atoms with van der Waals surface area (Å²) >= 11 is 0. The second-order valence-corrected chi connectivity index (χ2v) is 4.92. The molecular formula is C13H20N2. The van der Waals surface area contributed by atoms with E-state index in [1.807, 2.05) is 12.4 Å². The molecule has 2 N–H and O–H groups in total. The fourth-order valence-corrected chi connectivity index (χ4v) is 2.63. The van der Waals surface area contributed by atoms with Crippen molar-refractivity contribution in [1.82, 2.24) is 4.98 Å². The Morgan fingerprint density at radius 3 is 2.93 bits per heavy atom. The van der Waals surface area contributed by atoms with Crippen LogP contribution in [0.5, 0.6) is 0 Å². The zero-order valence-electron chi connectivity index (χ0n) is 9.61. The quantitative estimate of drug-likeness (QED) is 0.763. The van der Waals surface area contributed by atoms with Crippen LogP contribution >= 0.6 is 0 Å². The van der Waals surface area contributed by atoms with Gasteiger partial charge in [0.2, 0.25) is 0 Å². The highest BCUT2D eigenvalue weighted by atomic mass is 14.7. The van der Waals surface area contributed by atoms with Crippen molar-refractivity contribution in [2.75, 3.05) is 0 Å². The summed E-state index contributed by atoms with van der Waals surface area (Å²) in [6.45, 7) is 4.48. The summed E-state index contributed by atoms with van der Waals surface area (Å²) in [5.74, 6) is 1.32. The van der Waals surface area contributed by atoms with E-state index in [2.05, 4.69) is 24.9 Å². The van der Waals surface area contributed by atoms with E-state index in [0.29, 0.717) is 12.0 Å². The van der Waals surface area contributed by atoms with Gasteiger partial charge >= 0.3 is 0 Å². The van der Waals surface area contributed by atoms with Crippen molar-refractivity contribution in [3.63, 3.8) is 0 Å². The minimum atomic E-state index is 0.323. The Bertz CT molecular complexity index is 335. The molecule has 1 aromatic heterocycles. The maximum Gasteiger partial charge on any atom is 0.0305 e. The molecule has 1 heterocycles. The Kier molecular flexibility index (Phi) is 3.06. The van der Waals surface area contributed by atoms with Gasteiger partial charge in [0, 0.05) is 24.4 Å². The van der Waals surface area contributed by atoms with Gasteiger partial charge in [-0.2, -0.15) is 0 Å². The predicted octanol–water partition coefficient (Wildman–Crippen LogP) is 2.62. The first-order chi connectivity index (χ1) is 7.18. The number of hydrogen-bond donors (Lipinski definition) is 1. The molecule has 3 atom stereocenters. The molecule has 0 spiro atoms. The first kappa shape index (κ1) is 10.6. The maximum atomic E-state index is 6.21. The molecule has 0 aromatic carbocycles. The third-order valence-corrected chi connectivity index (χ3v) is 3.64. The number of nitrogens with zero attached hydrogens (tertiary/aromatic N) is 1. The minimum absolute atomic E-state index is 0.323. The van der Waals surface area contributed by atoms with E-state index < -0.39 is 0 Å². The molecule has 1 aliphatic rings. The van der Waals surface area contributed by atoms with Crippen molar-refractivity contribution in [3.8, 4) is 0 Å². The van der Waals surface area contributed by atoms with E-state index in [1.165, 1.54) is 24.0 Å². The average Bonchev–Trinajstić information content (AvgIpc) is 2.23. The normalized spacial score (nSPS) is 31.5. The van der Waals surface area contributed by atoms with Crippen LogP contribution in [0.4, 0.5) is 0 Å². The van der Waals surface area contributed by atoms with Crippen molar-refractivity contribution >= 4 is 0 Å². The highest BCUT2D eigenvalue weighted by Gasteiger charge is 2.28. The number of pyridine rings is 1. The molecule has 15 heavy (non-hydrogen) atoms. The number of aromatic nitrogens is 1. The molecule has 0 bridgehead atoms. The van der Waals surface area contributed by atoms with Crippen molar-refractivity contribution in [1.29, 1.82) is 0 Å². The van der Waals surface area contributed by atoms with Crippen molar-refractivity contribution in [2.24, 2.45) is 11.7 Å². The van der Waals surface area contributed by atoms with Gasteiger partial charge in [-0.15, -0.1) is 0 Å². The molecule has 3 unspecified atom stereocenters. The molecule has 0 amide bonds. The predicted molar refractivity (Wildman–Crippen MR) is 62.7 cm³/mol. The molecule has 82 valence electrons. The average molecular weight is 204 g/mol. The van der Waals surface area contributed by atoms with E-state index in [1.54, 1.807) is 0 Å². The van der Waals surface area contributed by atoms with Crippen LogP contribution in [0.25, 0.3) is 0 Å². The monoisotopic (exact) mass is 204 g/mol. The minimum Gasteiger partial charge on any atom is -0.327 e. The van der Waals surface area contributed by atoms with Crippen LogP contribution in [0.15, 0.2) is 18.5 Å². The highest BCUT2D eigenvalue weighted by Crippen LogP contribution is 2.36. The van der Waals surface area contributed by atoms with Gasteiger partial charge in [0.1, 0.15) is 0 Å². The fraction of sp³-hybridized carbons (Fsp3) is 0.615. The van der Waals surface area contributed by atoms with E-state index in [4.69, 9.17) is 5.73 Å². The van der Waals surface area contributed by atoms with Crippen LogP contribution in [-0.4, -0.2) is 11.0 Å². The van der Waals surface area contributed by atoms with Gasteiger partial charge in [0.25, 0.3) is 0 Å². The Morgan fingerprint density at radius 1 is 1.40 bits per heavy atom. The number of rotatable bonds is 1. The largest absolute Gasteiger partial charge is 0.327 e. The van der Waals surface area contributed by atoms with Gasteiger partial charge in [-0.3, -0.25) is 4.98 Å². The number of aryl methyl sites for hydroxylation is 1. The summed E-state index contributed by atoms with van der Waals surface area (Å²) in [4.78, 5) is 4.22. The fourth-order valence-electron chi connectivity index (χ4n) is 2.63. The lowest BCUT2D eigenvalue weighted by atomic mass is 9.75. The summed E-state index contributed by atoms with van der Waals surface area (Å²) in [5, 5.41) is 0. The SMILES string of the molecule is Cc1ccncc1C1CC(C)CCC1N. The molecule has 1 fully saturated rings. The summed E-state index contributed by atoms with van der Waals surface area (Å²) in [7, 11) is 0. The Labute approximate surface area is 91.9 Å². The van der Waals surface area contributed by atoms with E-state index in [-0.39, 0.29) is 0 Å². The topological polar surface area (TPSA) is 38.9 Å². The lowest BCUT2D eigenvalue weighted by molar-refractivity contribution is 0.305. The molecular weight excluding hydrogens is 184 g/mol. The summed E-state index contributed by atoms with van der Waals surface area (Å²) < 4.78 is 0. The molecule has 2 rings (SSSR count). The van der Waals surface area contributed by atoms with Crippen LogP contribution in [0.1, 0.15) is 43.2 Å². The van der Waals surface area contributed by atoms with Crippen molar-refractivity contribution in [3.05, 3.63) is 29.6 Å². The first-order valence-electron chi connectivity index (χ1n) is 5.84. The molecule has 1 aromatic rings. The summed E-state index contributed by atoms with van der Waals surface area (Å²) in [5.41, 5.74) is 8.91. The first-order valence-corrected chi connectivity index (χ1v) is 5.84. The summed E-state index contributed by atoms with van der Waals surface area (Å²) in [6.07, 6.45) is 7.50. The van der Waals surface area contributed by atoms with Gasteiger partial charge in [-0.05, 0) is 49.3 Å². The third-order valence-electron chi connectivity index (χ3n) is 3.64. The smallest absolute Gasteiger partial charge is 0.0305 e. The Morgan fingerprint density at radius 2 is 2.20 bits per heavy atom. The van der Waals surface area contributed by atoms with Gasteiger partial charge in [0.15, 0.2) is 0 Å². The van der Waals surface area contributed by atoms with Crippen LogP contribution in [0, 0.1) is 12.8 Å². The van der Waals surface area contributed by atoms with E-state index in [0.717, 1.165) is 12.3 Å². The lowest BCUT2D eigenvalue weighted by Gasteiger charge is -2.33. The molecule has 0 saturated heterocycles. The Hall–Kier alpha value is -0.890. The van der Waals surface area contributed by atoms with Crippen LogP contribution in [0.2, 0.25) is 0 Å². The summed E-state index contributed by atoms with van der Waals surface area (Å²) in [6, 6.07) is 2.41. The molecule has 0 aliphatic heterocycles. The molecule has 1 saturated carbocycles. The molecule has 2 heteroatoms. The third kappa shape index (κ3) is 2.20. The Balaban J connectivity index is 2.25. The van der Waals surface area contributed by atoms with Gasteiger partial charge in [-0.1, -0.05) is 6.92 Å². The molecule has 0 radical (unpaired) electrons. The highest BCUT2D eigenvalue weighted by molar-refractivity contribution is 5.27. The standard InChI is InChI=1S/C13H20N2/c1-9-3-4-13(14)11(7-9)12-8-15-6-5-10(12)2/h5-6,8-9,11,13H,3-4,7,14H2,1-2H3. The zero-order chi connectivity index (χ0) is 10.8. The van der Waals surface area contributed by atoms with Gasteiger partial charge < -0.3 is 5.73 Å². The maximum absolute atomic E-state index is 6.21. The van der Waals surface area contributed by atoms with Crippen molar-refractivity contribution < 1.29 is 0 Å². The zero-order valence-corrected chi connectivity index (χ0v) is 9.61. The van der Waals surface area contributed by atoms with E-state index >= 15 is 0 Å². The number of hydrogen-bond acceptors (Lipinski definition) is 2. The number of nitrogens with two attached hydrogens (primary N) is 1. The van der Waals surface area contributed by atoms with Crippen molar-refractivity contribution in [2.45, 2.75) is 45.1 Å². The molecule has 2 nitrogen and oxygen atoms in total. The van der Waals surface area contributed by atoms with Crippen LogP contribution < -0.4 is 5.73 Å². The second kappa shape index (κ2) is 4.31. The van der Waals surface area contributed by atoms with E-state index in [9.17, 15) is 0 Å².